The fourth-order valence-electron chi connectivity index (χ4n) is 2.18. The van der Waals surface area contributed by atoms with E-state index in [9.17, 15) is 0 Å². The van der Waals surface area contributed by atoms with E-state index in [0.29, 0.717) is 0 Å². The van der Waals surface area contributed by atoms with Gasteiger partial charge in [0.1, 0.15) is 0 Å². The van der Waals surface area contributed by atoms with Gasteiger partial charge in [-0.2, -0.15) is 0 Å². The molecule has 20 heavy (non-hydrogen) atoms. The van der Waals surface area contributed by atoms with Crippen LogP contribution in [0.1, 0.15) is 30.6 Å². The van der Waals surface area contributed by atoms with E-state index in [0.717, 1.165) is 40.3 Å². The van der Waals surface area contributed by atoms with Crippen LogP contribution in [0, 0.1) is 0 Å². The van der Waals surface area contributed by atoms with Gasteiger partial charge in [-0.1, -0.05) is 41.9 Å². The zero-order valence-electron chi connectivity index (χ0n) is 11.6. The van der Waals surface area contributed by atoms with Crippen LogP contribution in [0.25, 0.3) is 0 Å². The molecule has 0 bridgehead atoms. The molecule has 0 fully saturated rings. The van der Waals surface area contributed by atoms with E-state index in [-0.39, 0.29) is 6.04 Å². The van der Waals surface area contributed by atoms with Gasteiger partial charge in [0.05, 0.1) is 11.7 Å². The highest BCUT2D eigenvalue weighted by Crippen LogP contribution is 2.26. The van der Waals surface area contributed by atoms with Gasteiger partial charge in [-0.15, -0.1) is 5.10 Å². The summed E-state index contributed by atoms with van der Waals surface area (Å²) in [6.07, 6.45) is 1.88. The largest absolute Gasteiger partial charge is 0.308 e. The smallest absolute Gasteiger partial charge is 0.153 e. The minimum Gasteiger partial charge on any atom is -0.308 e. The number of rotatable bonds is 6. The fourth-order valence-corrected chi connectivity index (χ4v) is 2.99. The molecule has 2 aromatic rings. The second kappa shape index (κ2) is 7.20. The summed E-state index contributed by atoms with van der Waals surface area (Å²) in [5, 5.41) is 12.5. The van der Waals surface area contributed by atoms with Crippen LogP contribution in [0.15, 0.2) is 28.9 Å². The zero-order valence-corrected chi connectivity index (χ0v) is 13.9. The number of hydrogen-bond donors (Lipinski definition) is 1. The van der Waals surface area contributed by atoms with Crippen molar-refractivity contribution in [2.45, 2.75) is 25.8 Å². The monoisotopic (exact) mass is 356 g/mol. The molecule has 0 saturated heterocycles. The Kier molecular flexibility index (Phi) is 5.57. The highest BCUT2D eigenvalue weighted by molar-refractivity contribution is 9.10. The molecule has 1 heterocycles. The SMILES string of the molecule is CCCNC(Cc1ccccc1Cl)c1c(Br)nnn1C. The van der Waals surface area contributed by atoms with E-state index >= 15 is 0 Å². The lowest BCUT2D eigenvalue weighted by Gasteiger charge is -2.19. The number of benzene rings is 1. The summed E-state index contributed by atoms with van der Waals surface area (Å²) in [6, 6.07) is 8.06. The van der Waals surface area contributed by atoms with Gasteiger partial charge >= 0.3 is 0 Å². The first kappa shape index (κ1) is 15.5. The van der Waals surface area contributed by atoms with Crippen LogP contribution in [0.5, 0.6) is 0 Å². The quantitative estimate of drug-likeness (QED) is 0.860. The van der Waals surface area contributed by atoms with Gasteiger partial charge in [0.25, 0.3) is 0 Å². The Morgan fingerprint density at radius 2 is 2.15 bits per heavy atom. The van der Waals surface area contributed by atoms with E-state index in [1.54, 1.807) is 4.68 Å². The van der Waals surface area contributed by atoms with Crippen molar-refractivity contribution < 1.29 is 0 Å². The first-order chi connectivity index (χ1) is 9.63. The van der Waals surface area contributed by atoms with Gasteiger partial charge in [0.15, 0.2) is 4.60 Å². The number of halogens is 2. The van der Waals surface area contributed by atoms with Crippen LogP contribution in [0.2, 0.25) is 5.02 Å². The lowest BCUT2D eigenvalue weighted by Crippen LogP contribution is -2.26. The summed E-state index contributed by atoms with van der Waals surface area (Å²) in [5.74, 6) is 0. The van der Waals surface area contributed by atoms with Crippen molar-refractivity contribution in [1.29, 1.82) is 0 Å². The van der Waals surface area contributed by atoms with Crippen LogP contribution in [-0.4, -0.2) is 21.5 Å². The first-order valence-corrected chi connectivity index (χ1v) is 7.82. The van der Waals surface area contributed by atoms with E-state index in [2.05, 4.69) is 44.5 Å². The van der Waals surface area contributed by atoms with E-state index in [4.69, 9.17) is 11.6 Å². The van der Waals surface area contributed by atoms with Crippen molar-refractivity contribution in [2.75, 3.05) is 6.54 Å². The molecular formula is C14H18BrClN4. The van der Waals surface area contributed by atoms with Gasteiger partial charge < -0.3 is 5.32 Å². The maximum Gasteiger partial charge on any atom is 0.153 e. The number of hydrogen-bond acceptors (Lipinski definition) is 3. The van der Waals surface area contributed by atoms with Crippen LogP contribution in [0.3, 0.4) is 0 Å². The summed E-state index contributed by atoms with van der Waals surface area (Å²) in [7, 11) is 1.90. The molecule has 6 heteroatoms. The van der Waals surface area contributed by atoms with Crippen molar-refractivity contribution >= 4 is 27.5 Å². The predicted octanol–water partition coefficient (Wildman–Crippen LogP) is 3.51. The Morgan fingerprint density at radius 1 is 1.40 bits per heavy atom. The van der Waals surface area contributed by atoms with Gasteiger partial charge in [-0.25, -0.2) is 4.68 Å². The maximum atomic E-state index is 6.27. The zero-order chi connectivity index (χ0) is 14.5. The molecule has 1 atom stereocenters. The average molecular weight is 358 g/mol. The normalized spacial score (nSPS) is 12.6. The highest BCUT2D eigenvalue weighted by atomic mass is 79.9. The Labute approximate surface area is 132 Å². The van der Waals surface area contributed by atoms with Crippen LogP contribution in [-0.2, 0) is 13.5 Å². The highest BCUT2D eigenvalue weighted by Gasteiger charge is 2.20. The van der Waals surface area contributed by atoms with Crippen LogP contribution >= 0.6 is 27.5 Å². The molecule has 0 aliphatic carbocycles. The Morgan fingerprint density at radius 3 is 2.75 bits per heavy atom. The Hall–Kier alpha value is -0.910. The maximum absolute atomic E-state index is 6.27. The minimum atomic E-state index is 0.129. The second-order valence-corrected chi connectivity index (χ2v) is 5.85. The third-order valence-electron chi connectivity index (χ3n) is 3.18. The minimum absolute atomic E-state index is 0.129. The van der Waals surface area contributed by atoms with Crippen molar-refractivity contribution in [3.05, 3.63) is 45.1 Å². The molecular weight excluding hydrogens is 340 g/mol. The molecule has 2 rings (SSSR count). The van der Waals surface area contributed by atoms with Crippen molar-refractivity contribution in [1.82, 2.24) is 20.3 Å². The molecule has 0 amide bonds. The van der Waals surface area contributed by atoms with Crippen LogP contribution < -0.4 is 5.32 Å². The third-order valence-corrected chi connectivity index (χ3v) is 4.11. The molecule has 108 valence electrons. The first-order valence-electron chi connectivity index (χ1n) is 6.65. The van der Waals surface area contributed by atoms with Crippen LogP contribution in [0.4, 0.5) is 0 Å². The van der Waals surface area contributed by atoms with Gasteiger partial charge in [-0.05, 0) is 46.9 Å². The molecule has 1 unspecified atom stereocenters. The predicted molar refractivity (Wildman–Crippen MR) is 84.9 cm³/mol. The number of nitrogens with zero attached hydrogens (tertiary/aromatic N) is 3. The second-order valence-electron chi connectivity index (χ2n) is 4.69. The van der Waals surface area contributed by atoms with Crippen molar-refractivity contribution in [2.24, 2.45) is 7.05 Å². The number of aromatic nitrogens is 3. The summed E-state index contributed by atoms with van der Waals surface area (Å²) < 4.78 is 2.58. The lowest BCUT2D eigenvalue weighted by molar-refractivity contribution is 0.491. The summed E-state index contributed by atoms with van der Waals surface area (Å²) >= 11 is 9.74. The molecule has 1 aromatic heterocycles. The number of aryl methyl sites for hydroxylation is 1. The molecule has 1 N–H and O–H groups in total. The summed E-state index contributed by atoms with van der Waals surface area (Å²) in [6.45, 7) is 3.09. The summed E-state index contributed by atoms with van der Waals surface area (Å²) in [4.78, 5) is 0. The van der Waals surface area contributed by atoms with E-state index in [1.165, 1.54) is 0 Å². The van der Waals surface area contributed by atoms with Gasteiger partial charge in [0, 0.05) is 12.1 Å². The number of nitrogens with one attached hydrogen (secondary N) is 1. The average Bonchev–Trinajstić information content (AvgIpc) is 2.76. The van der Waals surface area contributed by atoms with E-state index < -0.39 is 0 Å². The molecule has 0 saturated carbocycles. The Balaban J connectivity index is 2.27. The molecule has 0 aliphatic rings. The van der Waals surface area contributed by atoms with E-state index in [1.807, 2.05) is 25.2 Å². The fraction of sp³-hybridized carbons (Fsp3) is 0.429. The Bertz CT molecular complexity index is 551. The van der Waals surface area contributed by atoms with Gasteiger partial charge in [0.2, 0.25) is 0 Å². The van der Waals surface area contributed by atoms with Gasteiger partial charge in [-0.3, -0.25) is 0 Å². The molecule has 0 spiro atoms. The van der Waals surface area contributed by atoms with Crippen molar-refractivity contribution in [3.8, 4) is 0 Å². The molecule has 4 nitrogen and oxygen atoms in total. The third kappa shape index (κ3) is 3.59. The summed E-state index contributed by atoms with van der Waals surface area (Å²) in [5.41, 5.74) is 2.16. The van der Waals surface area contributed by atoms with Crippen molar-refractivity contribution in [3.63, 3.8) is 0 Å². The topological polar surface area (TPSA) is 42.7 Å². The standard InChI is InChI=1S/C14H18BrClN4/c1-3-8-17-12(13-14(15)18-19-20(13)2)9-10-6-4-5-7-11(10)16/h4-7,12,17H,3,8-9H2,1-2H3. The molecule has 0 aliphatic heterocycles. The lowest BCUT2D eigenvalue weighted by atomic mass is 10.0. The molecule has 0 radical (unpaired) electrons. The molecule has 1 aromatic carbocycles.